The molecule has 1 saturated carbocycles. The van der Waals surface area contributed by atoms with Gasteiger partial charge in [-0.15, -0.1) is 0 Å². The lowest BCUT2D eigenvalue weighted by atomic mass is 9.61. The average molecular weight is 570 g/mol. The van der Waals surface area contributed by atoms with Crippen LogP contribution in [0.15, 0.2) is 128 Å². The maximum absolute atomic E-state index is 5.01. The molecule has 1 aliphatic heterocycles. The Hall–Kier alpha value is -4.89. The van der Waals surface area contributed by atoms with Gasteiger partial charge in [-0.3, -0.25) is 0 Å². The van der Waals surface area contributed by atoms with E-state index in [1.54, 1.807) is 0 Å². The van der Waals surface area contributed by atoms with Gasteiger partial charge in [-0.2, -0.15) is 0 Å². The van der Waals surface area contributed by atoms with Gasteiger partial charge in [0.1, 0.15) is 5.82 Å². The Kier molecular flexibility index (Phi) is 5.41. The minimum atomic E-state index is -0.0164. The molecular weight excluding hydrogens is 534 g/mol. The van der Waals surface area contributed by atoms with Crippen LogP contribution in [0.5, 0.6) is 0 Å². The summed E-state index contributed by atoms with van der Waals surface area (Å²) in [6, 6.07) is 44.6. The molecule has 0 radical (unpaired) electrons. The predicted octanol–water partition coefficient (Wildman–Crippen LogP) is 10.7. The fourth-order valence-electron chi connectivity index (χ4n) is 8.63. The number of rotatable bonds is 3. The molecule has 3 heteroatoms. The van der Waals surface area contributed by atoms with E-state index in [0.29, 0.717) is 0 Å². The first-order chi connectivity index (χ1) is 21.6. The molecule has 0 amide bonds. The number of benzene rings is 5. The van der Waals surface area contributed by atoms with Gasteiger partial charge in [0.15, 0.2) is 0 Å². The summed E-state index contributed by atoms with van der Waals surface area (Å²) in [5.41, 5.74) is 8.86. The molecule has 3 heterocycles. The Labute approximate surface area is 258 Å². The van der Waals surface area contributed by atoms with E-state index < -0.39 is 0 Å². The van der Waals surface area contributed by atoms with Gasteiger partial charge in [0, 0.05) is 39.0 Å². The fourth-order valence-corrected chi connectivity index (χ4v) is 8.63. The summed E-state index contributed by atoms with van der Waals surface area (Å²) >= 11 is 0. The third-order valence-corrected chi connectivity index (χ3v) is 11.0. The normalized spacial score (nSPS) is 21.2. The van der Waals surface area contributed by atoms with Gasteiger partial charge in [0.25, 0.3) is 0 Å². The molecule has 3 nitrogen and oxygen atoms in total. The topological polar surface area (TPSA) is 21.1 Å². The molecule has 9 rings (SSSR count). The Morgan fingerprint density at radius 2 is 1.34 bits per heavy atom. The molecule has 1 aliphatic carbocycles. The van der Waals surface area contributed by atoms with E-state index >= 15 is 0 Å². The van der Waals surface area contributed by atoms with Gasteiger partial charge >= 0.3 is 0 Å². The van der Waals surface area contributed by atoms with E-state index in [1.807, 2.05) is 6.20 Å². The molecule has 44 heavy (non-hydrogen) atoms. The Morgan fingerprint density at radius 1 is 0.614 bits per heavy atom. The third-order valence-electron chi connectivity index (χ3n) is 11.0. The molecule has 0 N–H and O–H groups in total. The van der Waals surface area contributed by atoms with Crippen molar-refractivity contribution in [1.29, 1.82) is 0 Å². The van der Waals surface area contributed by atoms with Crippen molar-refractivity contribution in [2.24, 2.45) is 0 Å². The number of aromatic nitrogens is 2. The van der Waals surface area contributed by atoms with E-state index in [0.717, 1.165) is 5.82 Å². The lowest BCUT2D eigenvalue weighted by Gasteiger charge is -2.50. The number of para-hydroxylation sites is 1. The number of nitrogens with zero attached hydrogens (tertiary/aromatic N) is 3. The first-order valence-electron chi connectivity index (χ1n) is 15.9. The third kappa shape index (κ3) is 3.35. The quantitative estimate of drug-likeness (QED) is 0.211. The molecular formula is C41H35N3. The monoisotopic (exact) mass is 569 g/mol. The largest absolute Gasteiger partial charge is 0.319 e. The number of hydrogen-bond acceptors (Lipinski definition) is 2. The molecule has 2 aromatic heterocycles. The highest BCUT2D eigenvalue weighted by Gasteiger charge is 2.58. The second-order valence-corrected chi connectivity index (χ2v) is 13.1. The first kappa shape index (κ1) is 25.6. The number of fused-ring (bicyclic) bond motifs is 7. The number of pyridine rings is 1. The average Bonchev–Trinajstić information content (AvgIpc) is 3.50. The van der Waals surface area contributed by atoms with E-state index in [1.165, 1.54) is 86.3 Å². The van der Waals surface area contributed by atoms with E-state index in [9.17, 15) is 0 Å². The van der Waals surface area contributed by atoms with Crippen LogP contribution in [-0.4, -0.2) is 15.1 Å². The van der Waals surface area contributed by atoms with Crippen LogP contribution in [0.2, 0.25) is 0 Å². The molecule has 1 fully saturated rings. The minimum Gasteiger partial charge on any atom is -0.319 e. The molecule has 7 aromatic rings. The van der Waals surface area contributed by atoms with Crippen molar-refractivity contribution in [2.75, 3.05) is 4.90 Å². The maximum atomic E-state index is 5.01. The fraction of sp³-hybridized carbons (Fsp3) is 0.195. The van der Waals surface area contributed by atoms with Gasteiger partial charge in [-0.05, 0) is 72.7 Å². The summed E-state index contributed by atoms with van der Waals surface area (Å²) in [7, 11) is 0. The van der Waals surface area contributed by atoms with Gasteiger partial charge in [-0.1, -0.05) is 105 Å². The number of hydrogen-bond donors (Lipinski definition) is 0. The Balaban J connectivity index is 1.28. The summed E-state index contributed by atoms with van der Waals surface area (Å²) < 4.78 is 2.47. The van der Waals surface area contributed by atoms with Crippen LogP contribution >= 0.6 is 0 Å². The highest BCUT2D eigenvalue weighted by atomic mass is 15.3. The molecule has 0 bridgehead atoms. The second kappa shape index (κ2) is 9.30. The van der Waals surface area contributed by atoms with E-state index in [4.69, 9.17) is 4.98 Å². The van der Waals surface area contributed by atoms with Crippen molar-refractivity contribution in [2.45, 2.75) is 50.5 Å². The first-order valence-corrected chi connectivity index (χ1v) is 15.9. The van der Waals surface area contributed by atoms with Crippen molar-refractivity contribution in [1.82, 2.24) is 9.55 Å². The molecule has 0 spiro atoms. The van der Waals surface area contributed by atoms with Crippen LogP contribution in [0.25, 0.3) is 49.4 Å². The van der Waals surface area contributed by atoms with Gasteiger partial charge < -0.3 is 9.47 Å². The van der Waals surface area contributed by atoms with Gasteiger partial charge in [-0.25, -0.2) is 4.98 Å². The van der Waals surface area contributed by atoms with Gasteiger partial charge in [0.2, 0.25) is 0 Å². The molecule has 2 aliphatic rings. The van der Waals surface area contributed by atoms with Crippen molar-refractivity contribution in [3.05, 3.63) is 133 Å². The van der Waals surface area contributed by atoms with Crippen molar-refractivity contribution in [3.63, 3.8) is 0 Å². The molecule has 2 atom stereocenters. The van der Waals surface area contributed by atoms with Crippen LogP contribution < -0.4 is 4.90 Å². The summed E-state index contributed by atoms with van der Waals surface area (Å²) in [5.74, 6) is 1.13. The zero-order chi connectivity index (χ0) is 29.5. The number of anilines is 2. The highest BCUT2D eigenvalue weighted by Crippen LogP contribution is 2.60. The van der Waals surface area contributed by atoms with Gasteiger partial charge in [0.05, 0.1) is 22.3 Å². The zero-order valence-electron chi connectivity index (χ0n) is 25.3. The van der Waals surface area contributed by atoms with Crippen LogP contribution in [0.1, 0.15) is 45.1 Å². The summed E-state index contributed by atoms with van der Waals surface area (Å²) in [4.78, 5) is 7.60. The van der Waals surface area contributed by atoms with Crippen LogP contribution in [0.4, 0.5) is 11.5 Å². The second-order valence-electron chi connectivity index (χ2n) is 13.1. The smallest absolute Gasteiger partial charge is 0.137 e. The highest BCUT2D eigenvalue weighted by molar-refractivity contribution is 6.12. The maximum Gasteiger partial charge on any atom is 0.137 e. The van der Waals surface area contributed by atoms with E-state index in [2.05, 4.69) is 145 Å². The minimum absolute atomic E-state index is 0.0164. The summed E-state index contributed by atoms with van der Waals surface area (Å²) in [6.45, 7) is 4.95. The van der Waals surface area contributed by atoms with Crippen LogP contribution in [0, 0.1) is 0 Å². The lowest BCUT2D eigenvalue weighted by Crippen LogP contribution is -2.54. The Morgan fingerprint density at radius 3 is 2.20 bits per heavy atom. The van der Waals surface area contributed by atoms with Crippen molar-refractivity contribution in [3.8, 4) is 16.8 Å². The van der Waals surface area contributed by atoms with Crippen LogP contribution in [0.3, 0.4) is 0 Å². The van der Waals surface area contributed by atoms with Crippen molar-refractivity contribution < 1.29 is 0 Å². The van der Waals surface area contributed by atoms with Crippen LogP contribution in [-0.2, 0) is 5.41 Å². The SMILES string of the molecule is CC12CCCCC1(C)N(c1ccc3c(c1)c1ccccc1n3-c1ccc(-c3ccccc3)c3ccccc13)c1ncccc12. The Bertz CT molecular complexity index is 2230. The standard InChI is InChI=1S/C41H35N3/c1-40-24-10-11-25-41(40,2)44(39-35(40)18-12-26-42-39)29-20-22-38-34(27-29)33-17-8-9-19-36(33)43(38)37-23-21-30(28-13-4-3-5-14-28)31-15-6-7-16-32(31)37/h3-9,12-23,26-27H,10-11,24-25H2,1-2H3. The van der Waals surface area contributed by atoms with Crippen molar-refractivity contribution >= 4 is 44.1 Å². The summed E-state index contributed by atoms with van der Waals surface area (Å²) in [5, 5.41) is 5.07. The molecule has 2 unspecified atom stereocenters. The predicted molar refractivity (Wildman–Crippen MR) is 184 cm³/mol. The summed E-state index contributed by atoms with van der Waals surface area (Å²) in [6.07, 6.45) is 6.86. The van der Waals surface area contributed by atoms with E-state index in [-0.39, 0.29) is 11.0 Å². The molecule has 214 valence electrons. The molecule has 0 saturated heterocycles. The molecule has 5 aromatic carbocycles. The zero-order valence-corrected chi connectivity index (χ0v) is 25.3. The lowest BCUT2D eigenvalue weighted by molar-refractivity contribution is 0.195.